The molecule has 2 heterocycles. The van der Waals surface area contributed by atoms with Gasteiger partial charge in [-0.1, -0.05) is 200 Å². The highest BCUT2D eigenvalue weighted by Crippen LogP contribution is 2.42. The van der Waals surface area contributed by atoms with E-state index in [1.165, 1.54) is 66.0 Å². The third-order valence-corrected chi connectivity index (χ3v) is 14.6. The lowest BCUT2D eigenvalue weighted by molar-refractivity contribution is 0.669. The van der Waals surface area contributed by atoms with Crippen molar-refractivity contribution in [2.75, 3.05) is 4.90 Å². The number of nitrogens with zero attached hydrogens (tertiary/aromatic N) is 2. The van der Waals surface area contributed by atoms with Crippen LogP contribution in [0.15, 0.2) is 283 Å². The highest BCUT2D eigenvalue weighted by Gasteiger charge is 2.19. The smallest absolute Gasteiger partial charge is 0.135 e. The van der Waals surface area contributed by atoms with Crippen LogP contribution in [0.25, 0.3) is 116 Å². The molecule has 0 aliphatic heterocycles. The Labute approximate surface area is 423 Å². The Hall–Kier alpha value is -9.70. The molecule has 3 nitrogen and oxygen atoms in total. The predicted molar refractivity (Wildman–Crippen MR) is 307 cm³/mol. The zero-order valence-electron chi connectivity index (χ0n) is 39.9. The summed E-state index contributed by atoms with van der Waals surface area (Å²) in [6.45, 7) is 0. The minimum atomic E-state index is 0.898. The van der Waals surface area contributed by atoms with E-state index < -0.39 is 0 Å². The van der Waals surface area contributed by atoms with E-state index in [1.807, 2.05) is 12.1 Å². The lowest BCUT2D eigenvalue weighted by Gasteiger charge is -2.26. The van der Waals surface area contributed by atoms with Crippen LogP contribution in [0.3, 0.4) is 0 Å². The summed E-state index contributed by atoms with van der Waals surface area (Å²) in [4.78, 5) is 2.36. The maximum absolute atomic E-state index is 6.18. The van der Waals surface area contributed by atoms with Gasteiger partial charge in [-0.3, -0.25) is 0 Å². The van der Waals surface area contributed by atoms with Crippen molar-refractivity contribution in [3.8, 4) is 61.3 Å². The Morgan fingerprint density at radius 2 is 0.753 bits per heavy atom. The largest absolute Gasteiger partial charge is 0.456 e. The van der Waals surface area contributed by atoms with Crippen LogP contribution in [0.5, 0.6) is 0 Å². The third-order valence-electron chi connectivity index (χ3n) is 14.6. The highest BCUT2D eigenvalue weighted by atomic mass is 16.3. The fraction of sp³-hybridized carbons (Fsp3) is 0. The molecule has 0 saturated heterocycles. The topological polar surface area (TPSA) is 21.3 Å². The second kappa shape index (κ2) is 17.6. The number of anilines is 3. The molecule has 0 fully saturated rings. The van der Waals surface area contributed by atoms with Crippen molar-refractivity contribution in [1.29, 1.82) is 0 Å². The van der Waals surface area contributed by atoms with Crippen LogP contribution in [0.4, 0.5) is 17.1 Å². The zero-order valence-corrected chi connectivity index (χ0v) is 39.9. The average Bonchev–Trinajstić information content (AvgIpc) is 4.02. The summed E-state index contributed by atoms with van der Waals surface area (Å²) in [5.74, 6) is 0. The number of para-hydroxylation sites is 2. The SMILES string of the molecule is c1ccc(-c2ccc(-c3ccc(N(c4ccc(-c5ccc6oc7ccccc7c6c5)cc4)c4ccc(-c5ccc6c7ccc8ccccc8c7n(-c7ccccc7)c6c5)cc4)cc3)cc2-c2ccccc2)cc1. The first-order valence-electron chi connectivity index (χ1n) is 25.0. The van der Waals surface area contributed by atoms with Crippen molar-refractivity contribution in [1.82, 2.24) is 4.57 Å². The molecule has 3 heteroatoms. The first-order valence-corrected chi connectivity index (χ1v) is 25.0. The molecule has 14 rings (SSSR count). The van der Waals surface area contributed by atoms with Gasteiger partial charge in [0.05, 0.1) is 11.0 Å². The number of aromatic nitrogens is 1. The number of hydrogen-bond acceptors (Lipinski definition) is 2. The fourth-order valence-corrected chi connectivity index (χ4v) is 11.0. The summed E-state index contributed by atoms with van der Waals surface area (Å²) in [5.41, 5.74) is 20.4. The summed E-state index contributed by atoms with van der Waals surface area (Å²) in [6, 6.07) is 101. The molecule has 342 valence electrons. The summed E-state index contributed by atoms with van der Waals surface area (Å²) in [5, 5.41) is 7.23. The zero-order chi connectivity index (χ0) is 48.2. The minimum absolute atomic E-state index is 0.898. The predicted octanol–water partition coefficient (Wildman–Crippen LogP) is 19.6. The Kier molecular flexibility index (Phi) is 10.2. The van der Waals surface area contributed by atoms with Crippen molar-refractivity contribution in [2.45, 2.75) is 0 Å². The molecule has 0 spiro atoms. The Bertz CT molecular complexity index is 4330. The van der Waals surface area contributed by atoms with Crippen LogP contribution in [-0.2, 0) is 0 Å². The van der Waals surface area contributed by atoms with E-state index in [0.29, 0.717) is 0 Å². The first kappa shape index (κ1) is 42.2. The Morgan fingerprint density at radius 3 is 1.41 bits per heavy atom. The van der Waals surface area contributed by atoms with Crippen LogP contribution in [-0.4, -0.2) is 4.57 Å². The van der Waals surface area contributed by atoms with Crippen LogP contribution in [0, 0.1) is 0 Å². The normalized spacial score (nSPS) is 11.6. The number of rotatable bonds is 9. The van der Waals surface area contributed by atoms with Gasteiger partial charge in [0.1, 0.15) is 11.2 Å². The molecule has 14 aromatic rings. The van der Waals surface area contributed by atoms with Crippen LogP contribution in [0.2, 0.25) is 0 Å². The molecule has 12 aromatic carbocycles. The monoisotopic (exact) mass is 930 g/mol. The quantitative estimate of drug-likeness (QED) is 0.144. The first-order chi connectivity index (χ1) is 36.2. The molecule has 0 saturated carbocycles. The van der Waals surface area contributed by atoms with Gasteiger partial charge in [0.15, 0.2) is 0 Å². The molecule has 2 aromatic heterocycles. The van der Waals surface area contributed by atoms with Crippen LogP contribution >= 0.6 is 0 Å². The van der Waals surface area contributed by atoms with Crippen molar-refractivity contribution in [3.05, 3.63) is 279 Å². The van der Waals surface area contributed by atoms with E-state index in [9.17, 15) is 0 Å². The number of benzene rings is 12. The number of hydrogen-bond donors (Lipinski definition) is 0. The average molecular weight is 931 g/mol. The van der Waals surface area contributed by atoms with Gasteiger partial charge in [-0.2, -0.15) is 0 Å². The van der Waals surface area contributed by atoms with E-state index in [0.717, 1.165) is 66.9 Å². The lowest BCUT2D eigenvalue weighted by Crippen LogP contribution is -2.09. The van der Waals surface area contributed by atoms with Crippen molar-refractivity contribution < 1.29 is 4.42 Å². The van der Waals surface area contributed by atoms with E-state index in [1.54, 1.807) is 0 Å². The Balaban J connectivity index is 0.857. The molecular weight excluding hydrogens is 885 g/mol. The van der Waals surface area contributed by atoms with Crippen molar-refractivity contribution in [3.63, 3.8) is 0 Å². The van der Waals surface area contributed by atoms with Gasteiger partial charge in [-0.05, 0) is 140 Å². The van der Waals surface area contributed by atoms with Gasteiger partial charge in [0.25, 0.3) is 0 Å². The standard InChI is InChI=1S/C70H46N2O/c1-4-14-50(15-5-1)60-40-31-53(44-65(60)51-16-6-2-7-17-51)47-24-34-57(35-25-47)71(58-36-26-48(27-37-58)54-33-43-69-66(45-54)63-22-12-13-23-68(63)73-69)59-38-28-49(29-39-59)55-32-41-62-64-42-30-52-18-10-11-21-61(52)70(64)72(67(62)46-55)56-19-8-3-9-20-56/h1-46H. The molecule has 0 unspecified atom stereocenters. The van der Waals surface area contributed by atoms with Gasteiger partial charge in [-0.15, -0.1) is 0 Å². The molecule has 73 heavy (non-hydrogen) atoms. The van der Waals surface area contributed by atoms with Gasteiger partial charge >= 0.3 is 0 Å². The van der Waals surface area contributed by atoms with E-state index >= 15 is 0 Å². The molecule has 0 amide bonds. The van der Waals surface area contributed by atoms with E-state index in [4.69, 9.17) is 4.42 Å². The van der Waals surface area contributed by atoms with Crippen LogP contribution in [0.1, 0.15) is 0 Å². The van der Waals surface area contributed by atoms with Gasteiger partial charge in [-0.25, -0.2) is 0 Å². The second-order valence-corrected chi connectivity index (χ2v) is 18.9. The van der Waals surface area contributed by atoms with Crippen LogP contribution < -0.4 is 4.90 Å². The maximum atomic E-state index is 6.18. The molecule has 0 N–H and O–H groups in total. The minimum Gasteiger partial charge on any atom is -0.456 e. The summed E-state index contributed by atoms with van der Waals surface area (Å²) < 4.78 is 8.62. The number of fused-ring (bicyclic) bond motifs is 8. The van der Waals surface area contributed by atoms with Crippen molar-refractivity contribution >= 4 is 71.6 Å². The molecule has 0 bridgehead atoms. The molecular formula is C70H46N2O. The van der Waals surface area contributed by atoms with E-state index in [-0.39, 0.29) is 0 Å². The molecule has 0 aliphatic carbocycles. The lowest BCUT2D eigenvalue weighted by atomic mass is 9.91. The van der Waals surface area contributed by atoms with Gasteiger partial charge < -0.3 is 13.9 Å². The number of furan rings is 1. The highest BCUT2D eigenvalue weighted by molar-refractivity contribution is 6.19. The second-order valence-electron chi connectivity index (χ2n) is 18.9. The third kappa shape index (κ3) is 7.46. The van der Waals surface area contributed by atoms with E-state index in [2.05, 4.69) is 276 Å². The Morgan fingerprint density at radius 1 is 0.274 bits per heavy atom. The van der Waals surface area contributed by atoms with Gasteiger partial charge in [0.2, 0.25) is 0 Å². The summed E-state index contributed by atoms with van der Waals surface area (Å²) >= 11 is 0. The fourth-order valence-electron chi connectivity index (χ4n) is 11.0. The van der Waals surface area contributed by atoms with Crippen molar-refractivity contribution in [2.24, 2.45) is 0 Å². The maximum Gasteiger partial charge on any atom is 0.135 e. The van der Waals surface area contributed by atoms with Gasteiger partial charge in [0, 0.05) is 49.7 Å². The molecule has 0 atom stereocenters. The molecule has 0 radical (unpaired) electrons. The molecule has 0 aliphatic rings. The summed E-state index contributed by atoms with van der Waals surface area (Å²) in [7, 11) is 0. The summed E-state index contributed by atoms with van der Waals surface area (Å²) in [6.07, 6.45) is 0.